The quantitative estimate of drug-likeness (QED) is 0.846. The second-order valence-corrected chi connectivity index (χ2v) is 5.20. The van der Waals surface area contributed by atoms with Crippen LogP contribution in [-0.2, 0) is 11.2 Å². The van der Waals surface area contributed by atoms with Crippen LogP contribution in [0.25, 0.3) is 0 Å². The molecule has 0 aromatic heterocycles. The maximum Gasteiger partial charge on any atom is 0.0570 e. The summed E-state index contributed by atoms with van der Waals surface area (Å²) in [4.78, 5) is 0. The number of aliphatic hydroxyl groups is 1. The molecule has 1 aromatic carbocycles. The molecule has 1 heterocycles. The molecule has 0 spiro atoms. The maximum absolute atomic E-state index is 9.45. The van der Waals surface area contributed by atoms with E-state index in [4.69, 9.17) is 4.74 Å². The van der Waals surface area contributed by atoms with Crippen LogP contribution in [0.2, 0.25) is 0 Å². The van der Waals surface area contributed by atoms with Crippen LogP contribution in [0.15, 0.2) is 12.1 Å². The van der Waals surface area contributed by atoms with Crippen molar-refractivity contribution in [2.24, 2.45) is 5.41 Å². The lowest BCUT2D eigenvalue weighted by Gasteiger charge is -2.40. The summed E-state index contributed by atoms with van der Waals surface area (Å²) in [5.74, 6) is 0. The highest BCUT2D eigenvalue weighted by atomic mass is 16.5. The lowest BCUT2D eigenvalue weighted by atomic mass is 9.78. The van der Waals surface area contributed by atoms with Gasteiger partial charge in [-0.3, -0.25) is 0 Å². The third-order valence-corrected chi connectivity index (χ3v) is 3.54. The first kappa shape index (κ1) is 11.6. The standard InChI is InChI=1S/C14H20O2/c1-10-4-11(2)13(12(3)5-10)6-14(7-15)8-16-9-14/h4-5,15H,6-9H2,1-3H3. The molecule has 1 aliphatic rings. The molecule has 2 heteroatoms. The van der Waals surface area contributed by atoms with E-state index in [1.165, 1.54) is 22.3 Å². The van der Waals surface area contributed by atoms with Crippen LogP contribution in [0.1, 0.15) is 22.3 Å². The van der Waals surface area contributed by atoms with Crippen molar-refractivity contribution in [3.05, 3.63) is 34.4 Å². The molecule has 1 saturated heterocycles. The maximum atomic E-state index is 9.45. The molecule has 0 radical (unpaired) electrons. The fourth-order valence-electron chi connectivity index (χ4n) is 2.50. The number of hydrogen-bond acceptors (Lipinski definition) is 2. The highest BCUT2D eigenvalue weighted by molar-refractivity contribution is 5.38. The number of ether oxygens (including phenoxy) is 1. The minimum absolute atomic E-state index is 0.0230. The van der Waals surface area contributed by atoms with Gasteiger partial charge in [0, 0.05) is 5.41 Å². The third kappa shape index (κ3) is 2.00. The molecule has 1 aromatic rings. The van der Waals surface area contributed by atoms with E-state index in [0.29, 0.717) is 13.2 Å². The summed E-state index contributed by atoms with van der Waals surface area (Å²) < 4.78 is 5.24. The number of aliphatic hydroxyl groups excluding tert-OH is 1. The normalized spacial score (nSPS) is 18.2. The van der Waals surface area contributed by atoms with Gasteiger partial charge in [-0.2, -0.15) is 0 Å². The summed E-state index contributed by atoms with van der Waals surface area (Å²) >= 11 is 0. The Morgan fingerprint density at radius 3 is 2.12 bits per heavy atom. The number of rotatable bonds is 3. The van der Waals surface area contributed by atoms with E-state index >= 15 is 0 Å². The molecule has 0 bridgehead atoms. The molecule has 2 rings (SSSR count). The molecule has 1 fully saturated rings. The minimum atomic E-state index is -0.0230. The average molecular weight is 220 g/mol. The number of aryl methyl sites for hydroxylation is 3. The first-order valence-electron chi connectivity index (χ1n) is 5.82. The Morgan fingerprint density at radius 1 is 1.19 bits per heavy atom. The first-order chi connectivity index (χ1) is 7.56. The Kier molecular flexibility index (Phi) is 3.04. The molecule has 0 unspecified atom stereocenters. The highest BCUT2D eigenvalue weighted by Gasteiger charge is 2.38. The Hall–Kier alpha value is -0.860. The van der Waals surface area contributed by atoms with Gasteiger partial charge in [-0.1, -0.05) is 17.7 Å². The van der Waals surface area contributed by atoms with Crippen molar-refractivity contribution in [1.82, 2.24) is 0 Å². The molecule has 0 saturated carbocycles. The van der Waals surface area contributed by atoms with Gasteiger partial charge in [0.1, 0.15) is 0 Å². The SMILES string of the molecule is Cc1cc(C)c(CC2(CO)COC2)c(C)c1. The van der Waals surface area contributed by atoms with Gasteiger partial charge in [0.2, 0.25) is 0 Å². The summed E-state index contributed by atoms with van der Waals surface area (Å²) in [7, 11) is 0. The third-order valence-electron chi connectivity index (χ3n) is 3.54. The van der Waals surface area contributed by atoms with Gasteiger partial charge in [-0.15, -0.1) is 0 Å². The molecular formula is C14H20O2. The largest absolute Gasteiger partial charge is 0.396 e. The second-order valence-electron chi connectivity index (χ2n) is 5.20. The summed E-state index contributed by atoms with van der Waals surface area (Å²) in [6, 6.07) is 4.43. The number of hydrogen-bond donors (Lipinski definition) is 1. The van der Waals surface area contributed by atoms with Gasteiger partial charge in [0.05, 0.1) is 19.8 Å². The topological polar surface area (TPSA) is 29.5 Å². The molecule has 0 amide bonds. The van der Waals surface area contributed by atoms with E-state index in [-0.39, 0.29) is 12.0 Å². The summed E-state index contributed by atoms with van der Waals surface area (Å²) in [6.45, 7) is 8.03. The lowest BCUT2D eigenvalue weighted by Crippen LogP contribution is -2.47. The predicted molar refractivity (Wildman–Crippen MR) is 64.7 cm³/mol. The van der Waals surface area contributed by atoms with Crippen LogP contribution in [0.3, 0.4) is 0 Å². The van der Waals surface area contributed by atoms with Gasteiger partial charge in [-0.25, -0.2) is 0 Å². The van der Waals surface area contributed by atoms with Gasteiger partial charge in [0.15, 0.2) is 0 Å². The van der Waals surface area contributed by atoms with E-state index in [1.54, 1.807) is 0 Å². The average Bonchev–Trinajstić information content (AvgIpc) is 2.14. The molecule has 16 heavy (non-hydrogen) atoms. The second kappa shape index (κ2) is 4.19. The summed E-state index contributed by atoms with van der Waals surface area (Å²) in [5.41, 5.74) is 5.32. The zero-order chi connectivity index (χ0) is 11.8. The highest BCUT2D eigenvalue weighted by Crippen LogP contribution is 2.33. The molecular weight excluding hydrogens is 200 g/mol. The van der Waals surface area contributed by atoms with Crippen molar-refractivity contribution in [2.75, 3.05) is 19.8 Å². The van der Waals surface area contributed by atoms with E-state index in [9.17, 15) is 5.11 Å². The van der Waals surface area contributed by atoms with E-state index < -0.39 is 0 Å². The predicted octanol–water partition coefficient (Wildman–Crippen LogP) is 2.16. The fourth-order valence-corrected chi connectivity index (χ4v) is 2.50. The Morgan fingerprint density at radius 2 is 1.75 bits per heavy atom. The Balaban J connectivity index is 2.27. The van der Waals surface area contributed by atoms with Crippen LogP contribution < -0.4 is 0 Å². The van der Waals surface area contributed by atoms with Gasteiger partial charge >= 0.3 is 0 Å². The monoisotopic (exact) mass is 220 g/mol. The van der Waals surface area contributed by atoms with Crippen molar-refractivity contribution in [3.63, 3.8) is 0 Å². The molecule has 88 valence electrons. The Bertz CT molecular complexity index is 363. The van der Waals surface area contributed by atoms with Gasteiger partial charge in [-0.05, 0) is 43.9 Å². The van der Waals surface area contributed by atoms with E-state index in [1.807, 2.05) is 0 Å². The summed E-state index contributed by atoms with van der Waals surface area (Å²) in [6.07, 6.45) is 0.932. The number of benzene rings is 1. The van der Waals surface area contributed by atoms with Crippen LogP contribution in [0.5, 0.6) is 0 Å². The Labute approximate surface area is 97.3 Å². The van der Waals surface area contributed by atoms with Crippen molar-refractivity contribution >= 4 is 0 Å². The smallest absolute Gasteiger partial charge is 0.0570 e. The minimum Gasteiger partial charge on any atom is -0.396 e. The molecule has 2 nitrogen and oxygen atoms in total. The van der Waals surface area contributed by atoms with Crippen molar-refractivity contribution in [3.8, 4) is 0 Å². The van der Waals surface area contributed by atoms with Gasteiger partial charge < -0.3 is 9.84 Å². The van der Waals surface area contributed by atoms with Crippen LogP contribution in [0.4, 0.5) is 0 Å². The van der Waals surface area contributed by atoms with Gasteiger partial charge in [0.25, 0.3) is 0 Å². The van der Waals surface area contributed by atoms with Crippen molar-refractivity contribution < 1.29 is 9.84 Å². The molecule has 1 N–H and O–H groups in total. The molecule has 0 atom stereocenters. The fraction of sp³-hybridized carbons (Fsp3) is 0.571. The van der Waals surface area contributed by atoms with E-state index in [0.717, 1.165) is 6.42 Å². The molecule has 1 aliphatic heterocycles. The zero-order valence-corrected chi connectivity index (χ0v) is 10.3. The molecule has 0 aliphatic carbocycles. The lowest BCUT2D eigenvalue weighted by molar-refractivity contribution is -0.136. The first-order valence-corrected chi connectivity index (χ1v) is 5.82. The van der Waals surface area contributed by atoms with Crippen LogP contribution in [0, 0.1) is 26.2 Å². The van der Waals surface area contributed by atoms with E-state index in [2.05, 4.69) is 32.9 Å². The zero-order valence-electron chi connectivity index (χ0n) is 10.3. The van der Waals surface area contributed by atoms with Crippen LogP contribution in [-0.4, -0.2) is 24.9 Å². The van der Waals surface area contributed by atoms with Crippen LogP contribution >= 0.6 is 0 Å². The van der Waals surface area contributed by atoms with Crippen molar-refractivity contribution in [1.29, 1.82) is 0 Å². The van der Waals surface area contributed by atoms with Crippen molar-refractivity contribution in [2.45, 2.75) is 27.2 Å². The summed E-state index contributed by atoms with van der Waals surface area (Å²) in [5, 5.41) is 9.45.